The molecule has 0 aromatic heterocycles. The third kappa shape index (κ3) is 6.87. The van der Waals surface area contributed by atoms with Gasteiger partial charge in [0.25, 0.3) is 0 Å². The van der Waals surface area contributed by atoms with Gasteiger partial charge in [-0.3, -0.25) is 0 Å². The van der Waals surface area contributed by atoms with Crippen LogP contribution < -0.4 is 10.0 Å². The Morgan fingerprint density at radius 1 is 1.13 bits per heavy atom. The lowest BCUT2D eigenvalue weighted by molar-refractivity contribution is 0.479. The van der Waals surface area contributed by atoms with Crippen molar-refractivity contribution in [1.29, 1.82) is 0 Å². The van der Waals surface area contributed by atoms with Crippen molar-refractivity contribution in [3.63, 3.8) is 0 Å². The second-order valence-electron chi connectivity index (χ2n) is 5.27. The van der Waals surface area contributed by atoms with Crippen LogP contribution in [0.5, 0.6) is 0 Å². The third-order valence-corrected chi connectivity index (χ3v) is 3.91. The summed E-state index contributed by atoms with van der Waals surface area (Å²) in [6.07, 6.45) is 0. The Morgan fingerprint density at radius 3 is 1.93 bits per heavy atom. The van der Waals surface area contributed by atoms with Crippen LogP contribution in [0, 0.1) is 0 Å². The molecule has 0 aromatic carbocycles. The Kier molecular flexibility index (Phi) is 5.23. The maximum absolute atomic E-state index is 11.8. The number of hydrogen-bond acceptors (Lipinski definition) is 3. The Morgan fingerprint density at radius 2 is 1.60 bits per heavy atom. The Balaban J connectivity index is 4.34. The molecule has 0 heterocycles. The van der Waals surface area contributed by atoms with Gasteiger partial charge in [-0.2, -0.15) is 0 Å². The van der Waals surface area contributed by atoms with Crippen molar-refractivity contribution in [1.82, 2.24) is 10.0 Å². The Hall–Kier alpha value is -0.130. The molecule has 1 atom stereocenters. The van der Waals surface area contributed by atoms with E-state index in [2.05, 4.69) is 10.0 Å². The summed E-state index contributed by atoms with van der Waals surface area (Å²) >= 11 is 0. The highest BCUT2D eigenvalue weighted by atomic mass is 32.2. The van der Waals surface area contributed by atoms with Crippen molar-refractivity contribution in [3.8, 4) is 0 Å². The lowest BCUT2D eigenvalue weighted by Gasteiger charge is -2.24. The minimum atomic E-state index is -3.23. The molecule has 0 rings (SSSR count). The summed E-state index contributed by atoms with van der Waals surface area (Å²) in [6, 6.07) is 0.303. The lowest BCUT2D eigenvalue weighted by atomic mass is 10.1. The maximum Gasteiger partial charge on any atom is 0.215 e. The third-order valence-electron chi connectivity index (χ3n) is 1.79. The van der Waals surface area contributed by atoms with Gasteiger partial charge in [-0.25, -0.2) is 13.1 Å². The molecular weight excluding hydrogens is 212 g/mol. The van der Waals surface area contributed by atoms with E-state index in [0.29, 0.717) is 12.6 Å². The molecule has 0 bridgehead atoms. The average molecular weight is 236 g/mol. The van der Waals surface area contributed by atoms with E-state index < -0.39 is 20.8 Å². The molecule has 0 aromatic rings. The van der Waals surface area contributed by atoms with Crippen molar-refractivity contribution in [2.75, 3.05) is 6.54 Å². The second-order valence-corrected chi connectivity index (χ2v) is 7.37. The second kappa shape index (κ2) is 5.27. The van der Waals surface area contributed by atoms with Crippen LogP contribution in [-0.4, -0.2) is 31.8 Å². The summed E-state index contributed by atoms with van der Waals surface area (Å²) in [7, 11) is -3.23. The van der Waals surface area contributed by atoms with Gasteiger partial charge in [-0.15, -0.1) is 0 Å². The quantitative estimate of drug-likeness (QED) is 0.751. The minimum Gasteiger partial charge on any atom is -0.313 e. The fraction of sp³-hybridized carbons (Fsp3) is 1.00. The summed E-state index contributed by atoms with van der Waals surface area (Å²) in [5.74, 6) is 0. The van der Waals surface area contributed by atoms with Crippen LogP contribution >= 0.6 is 0 Å². The fourth-order valence-electron chi connectivity index (χ4n) is 1.04. The molecule has 0 amide bonds. The normalized spacial score (nSPS) is 15.7. The molecule has 4 nitrogen and oxygen atoms in total. The van der Waals surface area contributed by atoms with Crippen LogP contribution in [0.15, 0.2) is 0 Å². The number of nitrogens with one attached hydrogen (secondary N) is 2. The molecule has 5 heteroatoms. The molecule has 0 fully saturated rings. The molecule has 0 aliphatic heterocycles. The predicted octanol–water partition coefficient (Wildman–Crippen LogP) is 1.09. The first-order chi connectivity index (χ1) is 6.54. The van der Waals surface area contributed by atoms with Crippen LogP contribution in [0.25, 0.3) is 0 Å². The van der Waals surface area contributed by atoms with Crippen LogP contribution in [0.2, 0.25) is 0 Å². The monoisotopic (exact) mass is 236 g/mol. The molecule has 0 aliphatic carbocycles. The molecule has 0 saturated heterocycles. The topological polar surface area (TPSA) is 58.2 Å². The molecule has 0 aliphatic rings. The van der Waals surface area contributed by atoms with Gasteiger partial charge in [0.15, 0.2) is 0 Å². The zero-order chi connectivity index (χ0) is 12.3. The largest absolute Gasteiger partial charge is 0.313 e. The Labute approximate surface area is 93.9 Å². The highest BCUT2D eigenvalue weighted by Crippen LogP contribution is 2.06. The molecule has 0 spiro atoms. The van der Waals surface area contributed by atoms with Gasteiger partial charge in [0.1, 0.15) is 0 Å². The first-order valence-corrected chi connectivity index (χ1v) is 6.85. The standard InChI is InChI=1S/C10H24N2O2S/c1-8(2)11-7-9(3)15(13,14)12-10(4,5)6/h8-9,11-12H,7H2,1-6H3. The summed E-state index contributed by atoms with van der Waals surface area (Å²) in [5.41, 5.74) is -0.412. The zero-order valence-electron chi connectivity index (χ0n) is 10.6. The highest BCUT2D eigenvalue weighted by molar-refractivity contribution is 7.90. The number of sulfonamides is 1. The van der Waals surface area contributed by atoms with Gasteiger partial charge >= 0.3 is 0 Å². The average Bonchev–Trinajstić information content (AvgIpc) is 1.94. The van der Waals surface area contributed by atoms with Crippen LogP contribution in [0.3, 0.4) is 0 Å². The number of hydrogen-bond donors (Lipinski definition) is 2. The van der Waals surface area contributed by atoms with Gasteiger partial charge in [0.05, 0.1) is 5.25 Å². The van der Waals surface area contributed by atoms with Crippen molar-refractivity contribution >= 4 is 10.0 Å². The fourth-order valence-corrected chi connectivity index (χ4v) is 2.41. The van der Waals surface area contributed by atoms with E-state index in [4.69, 9.17) is 0 Å². The SMILES string of the molecule is CC(C)NCC(C)S(=O)(=O)NC(C)(C)C. The van der Waals surface area contributed by atoms with Crippen molar-refractivity contribution in [2.24, 2.45) is 0 Å². The van der Waals surface area contributed by atoms with Gasteiger partial charge in [-0.05, 0) is 27.7 Å². The lowest BCUT2D eigenvalue weighted by Crippen LogP contribution is -2.47. The van der Waals surface area contributed by atoms with Crippen LogP contribution in [-0.2, 0) is 10.0 Å². The molecule has 0 saturated carbocycles. The van der Waals surface area contributed by atoms with Crippen molar-refractivity contribution in [3.05, 3.63) is 0 Å². The van der Waals surface area contributed by atoms with Crippen molar-refractivity contribution < 1.29 is 8.42 Å². The van der Waals surface area contributed by atoms with E-state index in [-0.39, 0.29) is 0 Å². The zero-order valence-corrected chi connectivity index (χ0v) is 11.4. The Bertz CT molecular complexity index is 278. The van der Waals surface area contributed by atoms with E-state index in [1.54, 1.807) is 6.92 Å². The van der Waals surface area contributed by atoms with E-state index in [1.807, 2.05) is 34.6 Å². The number of rotatable bonds is 5. The van der Waals surface area contributed by atoms with E-state index in [1.165, 1.54) is 0 Å². The first-order valence-electron chi connectivity index (χ1n) is 5.31. The highest BCUT2D eigenvalue weighted by Gasteiger charge is 2.25. The molecule has 92 valence electrons. The molecule has 1 unspecified atom stereocenters. The predicted molar refractivity (Wildman–Crippen MR) is 64.4 cm³/mol. The van der Waals surface area contributed by atoms with Gasteiger partial charge in [0, 0.05) is 18.1 Å². The summed E-state index contributed by atoms with van der Waals surface area (Å²) < 4.78 is 26.3. The molecule has 0 radical (unpaired) electrons. The molecule has 2 N–H and O–H groups in total. The minimum absolute atomic E-state index is 0.303. The van der Waals surface area contributed by atoms with Gasteiger partial charge < -0.3 is 5.32 Å². The van der Waals surface area contributed by atoms with Crippen molar-refractivity contribution in [2.45, 2.75) is 58.4 Å². The molecular formula is C10H24N2O2S. The smallest absolute Gasteiger partial charge is 0.215 e. The van der Waals surface area contributed by atoms with E-state index in [9.17, 15) is 8.42 Å². The van der Waals surface area contributed by atoms with E-state index in [0.717, 1.165) is 0 Å². The van der Waals surface area contributed by atoms with Crippen LogP contribution in [0.4, 0.5) is 0 Å². The first kappa shape index (κ1) is 14.9. The molecule has 15 heavy (non-hydrogen) atoms. The maximum atomic E-state index is 11.8. The summed E-state index contributed by atoms with van der Waals surface area (Å²) in [4.78, 5) is 0. The summed E-state index contributed by atoms with van der Waals surface area (Å²) in [6.45, 7) is 11.7. The van der Waals surface area contributed by atoms with Crippen LogP contribution in [0.1, 0.15) is 41.5 Å². The van der Waals surface area contributed by atoms with Gasteiger partial charge in [-0.1, -0.05) is 13.8 Å². The summed E-state index contributed by atoms with van der Waals surface area (Å²) in [5, 5.41) is 2.70. The van der Waals surface area contributed by atoms with E-state index >= 15 is 0 Å². The van der Waals surface area contributed by atoms with Gasteiger partial charge in [0.2, 0.25) is 10.0 Å².